The Balaban J connectivity index is 1.79. The van der Waals surface area contributed by atoms with E-state index in [1.807, 2.05) is 31.6 Å². The number of imide groups is 1. The molecule has 0 spiro atoms. The van der Waals surface area contributed by atoms with E-state index in [1.54, 1.807) is 4.68 Å². The third kappa shape index (κ3) is 2.69. The predicted molar refractivity (Wildman–Crippen MR) is 115 cm³/mol. The Kier molecular flexibility index (Phi) is 4.10. The van der Waals surface area contributed by atoms with Gasteiger partial charge in [-0.3, -0.25) is 19.2 Å². The van der Waals surface area contributed by atoms with Crippen molar-refractivity contribution < 1.29 is 9.59 Å². The molecule has 7 nitrogen and oxygen atoms in total. The second-order valence-electron chi connectivity index (χ2n) is 8.64. The van der Waals surface area contributed by atoms with E-state index in [9.17, 15) is 9.59 Å². The van der Waals surface area contributed by atoms with Crippen molar-refractivity contribution in [1.82, 2.24) is 19.2 Å². The minimum atomic E-state index is -0.280. The largest absolute Gasteiger partial charge is 0.356 e. The van der Waals surface area contributed by atoms with E-state index >= 15 is 0 Å². The Hall–Kier alpha value is -3.35. The van der Waals surface area contributed by atoms with Gasteiger partial charge in [0.05, 0.1) is 23.8 Å². The first-order valence-corrected chi connectivity index (χ1v) is 10.3. The summed E-state index contributed by atoms with van der Waals surface area (Å²) in [5, 5.41) is 8.99. The van der Waals surface area contributed by atoms with Crippen molar-refractivity contribution in [2.45, 2.75) is 33.2 Å². The van der Waals surface area contributed by atoms with Crippen LogP contribution in [-0.4, -0.2) is 37.6 Å². The number of rotatable bonds is 3. The van der Waals surface area contributed by atoms with Crippen molar-refractivity contribution in [1.29, 1.82) is 0 Å². The molecule has 0 radical (unpaired) electrons. The molecule has 1 aromatic carbocycles. The summed E-state index contributed by atoms with van der Waals surface area (Å²) < 4.78 is 4.03. The lowest BCUT2D eigenvalue weighted by Gasteiger charge is -2.18. The summed E-state index contributed by atoms with van der Waals surface area (Å²) in [4.78, 5) is 26.8. The van der Waals surface area contributed by atoms with Gasteiger partial charge < -0.3 is 9.88 Å². The van der Waals surface area contributed by atoms with Gasteiger partial charge >= 0.3 is 0 Å². The van der Waals surface area contributed by atoms with Gasteiger partial charge in [-0.1, -0.05) is 19.9 Å². The summed E-state index contributed by atoms with van der Waals surface area (Å²) >= 11 is 0. The molecule has 0 saturated heterocycles. The fourth-order valence-corrected chi connectivity index (χ4v) is 4.75. The number of carbonyl (C=O) groups is 2. The van der Waals surface area contributed by atoms with Gasteiger partial charge in [-0.2, -0.15) is 5.10 Å². The number of carbonyl (C=O) groups excluding carboxylic acids is 2. The smallest absolute Gasteiger partial charge is 0.259 e. The zero-order valence-electron chi connectivity index (χ0n) is 17.6. The summed E-state index contributed by atoms with van der Waals surface area (Å²) in [6.07, 6.45) is 5.95. The molecule has 30 heavy (non-hydrogen) atoms. The maximum atomic E-state index is 13.4. The van der Waals surface area contributed by atoms with E-state index in [0.717, 1.165) is 40.0 Å². The summed E-state index contributed by atoms with van der Waals surface area (Å²) in [5.74, 6) is -0.259. The number of nitrogens with zero attached hydrogens (tertiary/aromatic N) is 4. The molecule has 0 aliphatic carbocycles. The molecular weight excluding hydrogens is 378 g/mol. The fraction of sp³-hybridized carbons (Fsp3) is 0.348. The second-order valence-corrected chi connectivity index (χ2v) is 8.64. The first kappa shape index (κ1) is 18.7. The fourth-order valence-electron chi connectivity index (χ4n) is 4.75. The maximum Gasteiger partial charge on any atom is 0.259 e. The van der Waals surface area contributed by atoms with Crippen molar-refractivity contribution in [3.63, 3.8) is 0 Å². The van der Waals surface area contributed by atoms with Gasteiger partial charge in [-0.05, 0) is 23.6 Å². The molecule has 2 amide bonds. The van der Waals surface area contributed by atoms with Crippen molar-refractivity contribution in [3.05, 3.63) is 59.2 Å². The highest BCUT2D eigenvalue weighted by Crippen LogP contribution is 2.46. The Morgan fingerprint density at radius 3 is 2.77 bits per heavy atom. The van der Waals surface area contributed by atoms with Crippen LogP contribution in [0.2, 0.25) is 0 Å². The Bertz CT molecular complexity index is 1230. The van der Waals surface area contributed by atoms with Crippen LogP contribution in [-0.2, 0) is 23.2 Å². The van der Waals surface area contributed by atoms with Crippen LogP contribution in [0.1, 0.15) is 37.8 Å². The number of benzene rings is 1. The quantitative estimate of drug-likeness (QED) is 0.729. The summed E-state index contributed by atoms with van der Waals surface area (Å²) in [7, 11) is 1.87. The van der Waals surface area contributed by atoms with Gasteiger partial charge in [-0.25, -0.2) is 0 Å². The average Bonchev–Trinajstić information content (AvgIpc) is 3.32. The van der Waals surface area contributed by atoms with Gasteiger partial charge in [0.2, 0.25) is 5.91 Å². The van der Waals surface area contributed by atoms with Crippen molar-refractivity contribution in [2.24, 2.45) is 13.0 Å². The van der Waals surface area contributed by atoms with Crippen molar-refractivity contribution in [2.75, 3.05) is 11.9 Å². The molecule has 2 aromatic heterocycles. The highest BCUT2D eigenvalue weighted by Gasteiger charge is 2.42. The van der Waals surface area contributed by atoms with Crippen molar-refractivity contribution in [3.8, 4) is 0 Å². The molecular formula is C23H25N5O2. The lowest BCUT2D eigenvalue weighted by Crippen LogP contribution is -2.33. The summed E-state index contributed by atoms with van der Waals surface area (Å²) in [6, 6.07) is 6.21. The van der Waals surface area contributed by atoms with Gasteiger partial charge in [0, 0.05) is 61.2 Å². The zero-order chi connectivity index (χ0) is 21.2. The average molecular weight is 403 g/mol. The third-order valence-corrected chi connectivity index (χ3v) is 5.94. The van der Waals surface area contributed by atoms with Gasteiger partial charge in [0.1, 0.15) is 0 Å². The number of nitrogens with one attached hydrogen (secondary N) is 1. The number of hydrogen-bond donors (Lipinski definition) is 1. The number of amides is 2. The zero-order valence-corrected chi connectivity index (χ0v) is 17.6. The van der Waals surface area contributed by atoms with Crippen LogP contribution < -0.4 is 5.32 Å². The molecule has 0 unspecified atom stereocenters. The van der Waals surface area contributed by atoms with Crippen molar-refractivity contribution >= 4 is 28.4 Å². The lowest BCUT2D eigenvalue weighted by atomic mass is 9.86. The molecule has 3 aromatic rings. The van der Waals surface area contributed by atoms with E-state index in [-0.39, 0.29) is 24.3 Å². The number of aromatic nitrogens is 3. The lowest BCUT2D eigenvalue weighted by molar-refractivity contribution is -0.139. The number of aryl methyl sites for hydroxylation is 1. The monoisotopic (exact) mass is 403 g/mol. The first-order chi connectivity index (χ1) is 14.3. The third-order valence-electron chi connectivity index (χ3n) is 5.94. The Morgan fingerprint density at radius 1 is 1.30 bits per heavy atom. The van der Waals surface area contributed by atoms with Crippen LogP contribution in [0.3, 0.4) is 0 Å². The molecule has 4 heterocycles. The molecule has 7 heteroatoms. The number of anilines is 1. The van der Waals surface area contributed by atoms with Crippen LogP contribution >= 0.6 is 0 Å². The molecule has 1 N–H and O–H groups in total. The van der Waals surface area contributed by atoms with Gasteiger partial charge in [0.25, 0.3) is 5.91 Å². The summed E-state index contributed by atoms with van der Waals surface area (Å²) in [5.41, 5.74) is 5.58. The van der Waals surface area contributed by atoms with Gasteiger partial charge in [0.15, 0.2) is 0 Å². The first-order valence-electron chi connectivity index (χ1n) is 10.3. The molecule has 154 valence electrons. The summed E-state index contributed by atoms with van der Waals surface area (Å²) in [6.45, 7) is 6.99. The van der Waals surface area contributed by atoms with Crippen LogP contribution in [0.5, 0.6) is 0 Å². The predicted octanol–water partition coefficient (Wildman–Crippen LogP) is 3.23. The van der Waals surface area contributed by atoms with Crippen LogP contribution in [0, 0.1) is 5.92 Å². The molecule has 2 aliphatic heterocycles. The normalized spacial score (nSPS) is 18.2. The minimum absolute atomic E-state index is 0.226. The molecule has 0 bridgehead atoms. The Labute approximate surface area is 175 Å². The maximum absolute atomic E-state index is 13.4. The number of hydrogen-bond acceptors (Lipinski definition) is 4. The highest BCUT2D eigenvalue weighted by atomic mass is 16.2. The van der Waals surface area contributed by atoms with E-state index < -0.39 is 0 Å². The topological polar surface area (TPSA) is 72.2 Å². The van der Waals surface area contributed by atoms with Gasteiger partial charge in [-0.15, -0.1) is 0 Å². The SMILES string of the molecule is CC(=O)N1CC2=C(C1=O)[C@@H](c1cnn(C)c1)c1cn(CC(C)C)c3cccc(c13)N2. The standard InChI is InChI=1S/C23H25N5O2/c1-13(2)9-27-11-16-20(15-8-24-26(4)10-15)22-18(12-28(14(3)29)23(22)30)25-17-6-5-7-19(27)21(16)17/h5-8,10-11,13,20,25H,9,12H2,1-4H3/t20-/m0/s1. The van der Waals surface area contributed by atoms with E-state index in [2.05, 4.69) is 41.1 Å². The Morgan fingerprint density at radius 2 is 2.10 bits per heavy atom. The minimum Gasteiger partial charge on any atom is -0.356 e. The van der Waals surface area contributed by atoms with Crippen LogP contribution in [0.25, 0.3) is 10.9 Å². The highest BCUT2D eigenvalue weighted by molar-refractivity contribution is 6.11. The van der Waals surface area contributed by atoms with E-state index in [1.165, 1.54) is 11.8 Å². The van der Waals surface area contributed by atoms with E-state index in [0.29, 0.717) is 11.5 Å². The van der Waals surface area contributed by atoms with Crippen LogP contribution in [0.15, 0.2) is 48.1 Å². The second kappa shape index (κ2) is 6.58. The molecule has 1 atom stereocenters. The molecule has 2 aliphatic rings. The van der Waals surface area contributed by atoms with E-state index in [4.69, 9.17) is 0 Å². The van der Waals surface area contributed by atoms with Crippen LogP contribution in [0.4, 0.5) is 5.69 Å². The molecule has 0 saturated carbocycles. The molecule has 5 rings (SSSR count). The molecule has 0 fully saturated rings.